The molecule has 40 heavy (non-hydrogen) atoms. The average molecular weight is 549 g/mol. The Bertz CT molecular complexity index is 1170. The zero-order chi connectivity index (χ0) is 28.5. The van der Waals surface area contributed by atoms with Crippen molar-refractivity contribution in [1.82, 2.24) is 10.2 Å². The molecule has 1 N–H and O–H groups in total. The molecule has 4 atom stereocenters. The first-order chi connectivity index (χ1) is 19.4. The summed E-state index contributed by atoms with van der Waals surface area (Å²) < 4.78 is 17.6. The minimum atomic E-state index is -1.23. The Labute approximate surface area is 237 Å². The lowest BCUT2D eigenvalue weighted by Gasteiger charge is -2.51. The van der Waals surface area contributed by atoms with Crippen LogP contribution in [0.4, 0.5) is 0 Å². The van der Waals surface area contributed by atoms with Gasteiger partial charge in [0.05, 0.1) is 33.0 Å². The third kappa shape index (κ3) is 6.65. The van der Waals surface area contributed by atoms with Crippen molar-refractivity contribution in [3.8, 4) is 12.3 Å². The van der Waals surface area contributed by atoms with Crippen LogP contribution < -0.4 is 5.32 Å². The standard InChI is InChI=1S/C32H40N2O6/c1-4-16-33-29(35)18-26-20-32(31(37)38-3)23(2)40-27(22-39-21-25-13-9-6-10-14-25)19-28(32)34(30(26)36)17-15-24-11-7-5-8-12-24/h1,6,9-11,13-14,19,23,26-27H,5,7-8,12,15-18,20-22H2,2-3H3,(H,33,35)/t23-,26+,27-,32+/m1/s1. The Morgan fingerprint density at radius 2 is 2.05 bits per heavy atom. The summed E-state index contributed by atoms with van der Waals surface area (Å²) in [7, 11) is 1.35. The molecule has 3 aliphatic rings. The van der Waals surface area contributed by atoms with Gasteiger partial charge in [-0.25, -0.2) is 0 Å². The van der Waals surface area contributed by atoms with Gasteiger partial charge in [0.2, 0.25) is 11.8 Å². The third-order valence-corrected chi connectivity index (χ3v) is 8.15. The average Bonchev–Trinajstić information content (AvgIpc) is 2.97. The number of benzene rings is 1. The number of hydrogen-bond acceptors (Lipinski definition) is 6. The molecule has 1 fully saturated rings. The summed E-state index contributed by atoms with van der Waals surface area (Å²) in [6.45, 7) is 3.02. The van der Waals surface area contributed by atoms with Crippen LogP contribution in [0.25, 0.3) is 0 Å². The number of nitrogens with one attached hydrogen (secondary N) is 1. The minimum Gasteiger partial charge on any atom is -0.468 e. The summed E-state index contributed by atoms with van der Waals surface area (Å²) >= 11 is 0. The Morgan fingerprint density at radius 1 is 1.25 bits per heavy atom. The van der Waals surface area contributed by atoms with Gasteiger partial charge in [0.15, 0.2) is 0 Å². The van der Waals surface area contributed by atoms with Crippen LogP contribution in [0.2, 0.25) is 0 Å². The SMILES string of the molecule is C#CCNC(=O)C[C@H]1C[C@@]2(C(=O)OC)C(=C[C@H](COCc3ccccc3)O[C@@H]2C)N(CCC2=CCCCC2)C1=O. The Hall–Kier alpha value is -3.41. The smallest absolute Gasteiger partial charge is 0.320 e. The van der Waals surface area contributed by atoms with Crippen molar-refractivity contribution in [2.75, 3.05) is 26.8 Å². The molecule has 0 unspecified atom stereocenters. The molecule has 2 heterocycles. The molecule has 1 aromatic carbocycles. The number of carbonyl (C=O) groups is 3. The maximum atomic E-state index is 13.9. The van der Waals surface area contributed by atoms with E-state index in [-0.39, 0.29) is 37.8 Å². The lowest BCUT2D eigenvalue weighted by atomic mass is 9.66. The molecule has 4 rings (SSSR count). The van der Waals surface area contributed by atoms with E-state index in [0.29, 0.717) is 25.3 Å². The van der Waals surface area contributed by atoms with E-state index >= 15 is 0 Å². The minimum absolute atomic E-state index is 0.0674. The number of ether oxygens (including phenoxy) is 3. The molecule has 1 saturated heterocycles. The van der Waals surface area contributed by atoms with Crippen molar-refractivity contribution in [3.63, 3.8) is 0 Å². The fourth-order valence-electron chi connectivity index (χ4n) is 6.08. The molecule has 1 aromatic rings. The monoisotopic (exact) mass is 548 g/mol. The normalized spacial score (nSPS) is 26.2. The Kier molecular flexibility index (Phi) is 10.2. The van der Waals surface area contributed by atoms with Crippen LogP contribution in [0, 0.1) is 23.7 Å². The summed E-state index contributed by atoms with van der Waals surface area (Å²) in [6, 6.07) is 9.86. The van der Waals surface area contributed by atoms with Gasteiger partial charge in [-0.1, -0.05) is 47.9 Å². The van der Waals surface area contributed by atoms with Gasteiger partial charge < -0.3 is 24.4 Å². The van der Waals surface area contributed by atoms with E-state index in [1.165, 1.54) is 19.1 Å². The predicted octanol–water partition coefficient (Wildman–Crippen LogP) is 3.91. The maximum Gasteiger partial charge on any atom is 0.320 e. The van der Waals surface area contributed by atoms with E-state index in [2.05, 4.69) is 17.3 Å². The number of fused-ring (bicyclic) bond motifs is 1. The number of methoxy groups -OCH3 is 1. The quantitative estimate of drug-likeness (QED) is 0.256. The molecule has 0 spiro atoms. The highest BCUT2D eigenvalue weighted by Crippen LogP contribution is 2.50. The first-order valence-corrected chi connectivity index (χ1v) is 14.2. The number of carbonyl (C=O) groups excluding carboxylic acids is 3. The van der Waals surface area contributed by atoms with E-state index in [9.17, 15) is 14.4 Å². The van der Waals surface area contributed by atoms with E-state index in [0.717, 1.165) is 24.8 Å². The predicted molar refractivity (Wildman–Crippen MR) is 150 cm³/mol. The number of terminal acetylenes is 1. The van der Waals surface area contributed by atoms with Crippen LogP contribution in [0.1, 0.15) is 57.4 Å². The van der Waals surface area contributed by atoms with Crippen LogP contribution in [-0.4, -0.2) is 61.7 Å². The van der Waals surface area contributed by atoms with Gasteiger partial charge in [-0.2, -0.15) is 0 Å². The molecule has 0 bridgehead atoms. The van der Waals surface area contributed by atoms with Gasteiger partial charge in [-0.3, -0.25) is 14.4 Å². The number of esters is 1. The molecule has 8 nitrogen and oxygen atoms in total. The van der Waals surface area contributed by atoms with Gasteiger partial charge in [-0.05, 0) is 57.1 Å². The van der Waals surface area contributed by atoms with E-state index in [1.54, 1.807) is 4.90 Å². The highest BCUT2D eigenvalue weighted by molar-refractivity contribution is 5.92. The zero-order valence-electron chi connectivity index (χ0n) is 23.5. The fourth-order valence-corrected chi connectivity index (χ4v) is 6.08. The molecule has 0 radical (unpaired) electrons. The second-order valence-corrected chi connectivity index (χ2v) is 10.8. The number of nitrogens with zero attached hydrogens (tertiary/aromatic N) is 1. The van der Waals surface area contributed by atoms with Crippen LogP contribution >= 0.6 is 0 Å². The summed E-state index contributed by atoms with van der Waals surface area (Å²) in [6.07, 6.45) is 13.5. The summed E-state index contributed by atoms with van der Waals surface area (Å²) in [5.74, 6) is 0.699. The first-order valence-electron chi connectivity index (χ1n) is 14.2. The molecule has 2 aliphatic heterocycles. The molecule has 0 saturated carbocycles. The van der Waals surface area contributed by atoms with Gasteiger partial charge in [-0.15, -0.1) is 6.42 Å². The number of piperidine rings is 1. The lowest BCUT2D eigenvalue weighted by molar-refractivity contribution is -0.178. The highest BCUT2D eigenvalue weighted by atomic mass is 16.5. The molecule has 8 heteroatoms. The Balaban J connectivity index is 1.63. The first kappa shape index (κ1) is 29.6. The molecular weight excluding hydrogens is 508 g/mol. The summed E-state index contributed by atoms with van der Waals surface area (Å²) in [5.41, 5.74) is 1.73. The zero-order valence-corrected chi connectivity index (χ0v) is 23.5. The maximum absolute atomic E-state index is 13.9. The van der Waals surface area contributed by atoms with Crippen molar-refractivity contribution in [1.29, 1.82) is 0 Å². The lowest BCUT2D eigenvalue weighted by Crippen LogP contribution is -2.60. The van der Waals surface area contributed by atoms with Crippen molar-refractivity contribution in [2.24, 2.45) is 11.3 Å². The largest absolute Gasteiger partial charge is 0.468 e. The fraction of sp³-hybridized carbons (Fsp3) is 0.531. The van der Waals surface area contributed by atoms with Crippen molar-refractivity contribution in [3.05, 3.63) is 59.3 Å². The van der Waals surface area contributed by atoms with Crippen molar-refractivity contribution < 1.29 is 28.6 Å². The van der Waals surface area contributed by atoms with Gasteiger partial charge in [0.25, 0.3) is 0 Å². The second-order valence-electron chi connectivity index (χ2n) is 10.8. The van der Waals surface area contributed by atoms with E-state index < -0.39 is 29.5 Å². The van der Waals surface area contributed by atoms with Crippen LogP contribution in [0.15, 0.2) is 53.8 Å². The molecular formula is C32H40N2O6. The number of rotatable bonds is 11. The highest BCUT2D eigenvalue weighted by Gasteiger charge is 2.59. The number of allylic oxidation sites excluding steroid dienone is 1. The molecule has 1 aliphatic carbocycles. The number of hydrogen-bond donors (Lipinski definition) is 1. The summed E-state index contributed by atoms with van der Waals surface area (Å²) in [5, 5.41) is 2.65. The van der Waals surface area contributed by atoms with E-state index in [1.807, 2.05) is 43.3 Å². The number of likely N-dealkylation sites (tertiary alicyclic amines) is 1. The van der Waals surface area contributed by atoms with Crippen LogP contribution in [-0.2, 0) is 35.2 Å². The van der Waals surface area contributed by atoms with Crippen molar-refractivity contribution in [2.45, 2.75) is 70.7 Å². The Morgan fingerprint density at radius 3 is 2.75 bits per heavy atom. The van der Waals surface area contributed by atoms with Crippen LogP contribution in [0.5, 0.6) is 0 Å². The van der Waals surface area contributed by atoms with E-state index in [4.69, 9.17) is 20.6 Å². The van der Waals surface area contributed by atoms with Gasteiger partial charge in [0, 0.05) is 24.6 Å². The number of amides is 2. The molecule has 2 amide bonds. The van der Waals surface area contributed by atoms with Gasteiger partial charge in [0.1, 0.15) is 11.5 Å². The summed E-state index contributed by atoms with van der Waals surface area (Å²) in [4.78, 5) is 41.8. The molecule has 214 valence electrons. The second kappa shape index (κ2) is 13.8. The van der Waals surface area contributed by atoms with Crippen molar-refractivity contribution >= 4 is 17.8 Å². The van der Waals surface area contributed by atoms with Gasteiger partial charge >= 0.3 is 5.97 Å². The topological polar surface area (TPSA) is 94.2 Å². The van der Waals surface area contributed by atoms with Crippen LogP contribution in [0.3, 0.4) is 0 Å². The third-order valence-electron chi connectivity index (χ3n) is 8.15. The molecule has 0 aromatic heterocycles.